The third-order valence-electron chi connectivity index (χ3n) is 6.30. The Labute approximate surface area is 205 Å². The summed E-state index contributed by atoms with van der Waals surface area (Å²) in [6, 6.07) is 20.6. The van der Waals surface area contributed by atoms with Gasteiger partial charge in [-0.3, -0.25) is 4.79 Å². The van der Waals surface area contributed by atoms with Gasteiger partial charge in [0.15, 0.2) is 0 Å². The van der Waals surface area contributed by atoms with Crippen LogP contribution in [0.2, 0.25) is 0 Å². The SMILES string of the molecule is O=C([C@@H]1CCCN(S(=O)(=O)c2ccc(F)cc2)C1)N(CCc1ccccc1)Cc1ccc(F)cc1. The molecule has 1 aliphatic rings. The van der Waals surface area contributed by atoms with Gasteiger partial charge in [-0.25, -0.2) is 17.2 Å². The summed E-state index contributed by atoms with van der Waals surface area (Å²) in [4.78, 5) is 15.4. The smallest absolute Gasteiger partial charge is 0.243 e. The first-order valence-corrected chi connectivity index (χ1v) is 13.1. The highest BCUT2D eigenvalue weighted by molar-refractivity contribution is 7.89. The van der Waals surface area contributed by atoms with Crippen molar-refractivity contribution in [3.63, 3.8) is 0 Å². The predicted molar refractivity (Wildman–Crippen MR) is 130 cm³/mol. The Morgan fingerprint density at radius 2 is 1.51 bits per heavy atom. The van der Waals surface area contributed by atoms with Crippen LogP contribution in [0.15, 0.2) is 83.8 Å². The minimum atomic E-state index is -3.84. The number of sulfonamides is 1. The van der Waals surface area contributed by atoms with Crippen LogP contribution in [0.4, 0.5) is 8.78 Å². The first-order chi connectivity index (χ1) is 16.8. The van der Waals surface area contributed by atoms with Gasteiger partial charge in [0, 0.05) is 26.2 Å². The number of rotatable bonds is 8. The minimum Gasteiger partial charge on any atom is -0.338 e. The number of hydrogen-bond donors (Lipinski definition) is 0. The third kappa shape index (κ3) is 6.32. The maximum atomic E-state index is 13.6. The van der Waals surface area contributed by atoms with Gasteiger partial charge >= 0.3 is 0 Å². The van der Waals surface area contributed by atoms with Crippen LogP contribution in [0.1, 0.15) is 24.0 Å². The van der Waals surface area contributed by atoms with Gasteiger partial charge in [0.2, 0.25) is 15.9 Å². The van der Waals surface area contributed by atoms with Crippen LogP contribution in [0.5, 0.6) is 0 Å². The van der Waals surface area contributed by atoms with Gasteiger partial charge in [-0.1, -0.05) is 42.5 Å². The van der Waals surface area contributed by atoms with Crippen molar-refractivity contribution in [3.8, 4) is 0 Å². The Hall–Kier alpha value is -3.10. The van der Waals surface area contributed by atoms with E-state index in [1.165, 1.54) is 28.6 Å². The number of nitrogens with zero attached hydrogens (tertiary/aromatic N) is 2. The molecule has 1 amide bonds. The summed E-state index contributed by atoms with van der Waals surface area (Å²) in [5.41, 5.74) is 1.90. The first kappa shape index (κ1) is 25.0. The van der Waals surface area contributed by atoms with E-state index in [0.29, 0.717) is 38.9 Å². The van der Waals surface area contributed by atoms with Crippen LogP contribution < -0.4 is 0 Å². The first-order valence-electron chi connectivity index (χ1n) is 11.7. The summed E-state index contributed by atoms with van der Waals surface area (Å²) in [6.07, 6.45) is 1.79. The Morgan fingerprint density at radius 1 is 0.886 bits per heavy atom. The van der Waals surface area contributed by atoms with Crippen molar-refractivity contribution < 1.29 is 22.0 Å². The van der Waals surface area contributed by atoms with E-state index in [4.69, 9.17) is 0 Å². The second-order valence-electron chi connectivity index (χ2n) is 8.78. The molecule has 1 saturated heterocycles. The van der Waals surface area contributed by atoms with Crippen molar-refractivity contribution in [1.82, 2.24) is 9.21 Å². The number of hydrogen-bond acceptors (Lipinski definition) is 3. The van der Waals surface area contributed by atoms with Gasteiger partial charge in [0.1, 0.15) is 11.6 Å². The maximum absolute atomic E-state index is 13.6. The molecule has 0 bridgehead atoms. The standard InChI is InChI=1S/C27H28F2N2O3S/c28-24-10-8-22(9-11-24)19-30(18-16-21-5-2-1-3-6-21)27(32)23-7-4-17-31(20-23)35(33,34)26-14-12-25(29)13-15-26/h1-3,5-6,8-15,23H,4,7,16-20H2/t23-/m1/s1. The molecule has 1 fully saturated rings. The number of benzene rings is 3. The summed E-state index contributed by atoms with van der Waals surface area (Å²) >= 11 is 0. The normalized spacial score (nSPS) is 16.7. The Morgan fingerprint density at radius 3 is 2.17 bits per heavy atom. The van der Waals surface area contributed by atoms with Crippen LogP contribution in [-0.4, -0.2) is 43.2 Å². The molecule has 0 saturated carbocycles. The summed E-state index contributed by atoms with van der Waals surface area (Å²) in [6.45, 7) is 1.16. The van der Waals surface area contributed by atoms with Gasteiger partial charge in [0.25, 0.3) is 0 Å². The van der Waals surface area contributed by atoms with Gasteiger partial charge in [0.05, 0.1) is 10.8 Å². The monoisotopic (exact) mass is 498 g/mol. The topological polar surface area (TPSA) is 57.7 Å². The van der Waals surface area contributed by atoms with Gasteiger partial charge in [-0.05, 0) is 66.8 Å². The van der Waals surface area contributed by atoms with Crippen molar-refractivity contribution in [2.75, 3.05) is 19.6 Å². The van der Waals surface area contributed by atoms with E-state index >= 15 is 0 Å². The molecule has 35 heavy (non-hydrogen) atoms. The molecule has 4 rings (SSSR count). The molecule has 0 N–H and O–H groups in total. The molecule has 184 valence electrons. The molecule has 1 atom stereocenters. The Bertz CT molecular complexity index is 1230. The molecular formula is C27H28F2N2O3S. The fraction of sp³-hybridized carbons (Fsp3) is 0.296. The molecule has 1 heterocycles. The summed E-state index contributed by atoms with van der Waals surface area (Å²) in [5.74, 6) is -1.46. The zero-order valence-corrected chi connectivity index (χ0v) is 20.1. The highest BCUT2D eigenvalue weighted by Crippen LogP contribution is 2.26. The highest BCUT2D eigenvalue weighted by atomic mass is 32.2. The van der Waals surface area contributed by atoms with E-state index in [1.807, 2.05) is 30.3 Å². The zero-order valence-electron chi connectivity index (χ0n) is 19.3. The quantitative estimate of drug-likeness (QED) is 0.455. The van der Waals surface area contributed by atoms with E-state index in [0.717, 1.165) is 23.3 Å². The van der Waals surface area contributed by atoms with Crippen LogP contribution in [-0.2, 0) is 27.8 Å². The van der Waals surface area contributed by atoms with Crippen molar-refractivity contribution in [1.29, 1.82) is 0 Å². The minimum absolute atomic E-state index is 0.0132. The number of piperidine rings is 1. The molecule has 3 aromatic carbocycles. The third-order valence-corrected chi connectivity index (χ3v) is 8.18. The van der Waals surface area contributed by atoms with Crippen LogP contribution in [0, 0.1) is 17.6 Å². The van der Waals surface area contributed by atoms with Gasteiger partial charge in [-0.2, -0.15) is 4.31 Å². The van der Waals surface area contributed by atoms with Crippen molar-refractivity contribution in [2.45, 2.75) is 30.7 Å². The lowest BCUT2D eigenvalue weighted by Crippen LogP contribution is -2.47. The van der Waals surface area contributed by atoms with Crippen molar-refractivity contribution in [2.24, 2.45) is 5.92 Å². The number of carbonyl (C=O) groups excluding carboxylic acids is 1. The fourth-order valence-electron chi connectivity index (χ4n) is 4.36. The molecule has 8 heteroatoms. The fourth-order valence-corrected chi connectivity index (χ4v) is 5.89. The summed E-state index contributed by atoms with van der Waals surface area (Å²) in [7, 11) is -3.84. The molecule has 0 radical (unpaired) electrons. The second-order valence-corrected chi connectivity index (χ2v) is 10.7. The van der Waals surface area contributed by atoms with E-state index in [1.54, 1.807) is 17.0 Å². The Balaban J connectivity index is 1.51. The molecule has 0 aromatic heterocycles. The van der Waals surface area contributed by atoms with Gasteiger partial charge < -0.3 is 4.90 Å². The Kier molecular flexibility index (Phi) is 7.93. The lowest BCUT2D eigenvalue weighted by molar-refractivity contribution is -0.137. The second kappa shape index (κ2) is 11.1. The van der Waals surface area contributed by atoms with Gasteiger partial charge in [-0.15, -0.1) is 0 Å². The van der Waals surface area contributed by atoms with E-state index in [2.05, 4.69) is 0 Å². The summed E-state index contributed by atoms with van der Waals surface area (Å²) < 4.78 is 54.2. The molecule has 1 aliphatic heterocycles. The van der Waals surface area contributed by atoms with Crippen LogP contribution in [0.25, 0.3) is 0 Å². The lowest BCUT2D eigenvalue weighted by Gasteiger charge is -2.34. The molecule has 0 spiro atoms. The van der Waals surface area contributed by atoms with E-state index < -0.39 is 21.8 Å². The van der Waals surface area contributed by atoms with Crippen LogP contribution >= 0.6 is 0 Å². The average Bonchev–Trinajstić information content (AvgIpc) is 2.88. The summed E-state index contributed by atoms with van der Waals surface area (Å²) in [5, 5.41) is 0. The zero-order chi connectivity index (χ0) is 24.8. The molecular weight excluding hydrogens is 470 g/mol. The largest absolute Gasteiger partial charge is 0.338 e. The molecule has 0 unspecified atom stereocenters. The van der Waals surface area contributed by atoms with E-state index in [-0.39, 0.29) is 23.2 Å². The number of amides is 1. The van der Waals surface area contributed by atoms with Crippen LogP contribution in [0.3, 0.4) is 0 Å². The lowest BCUT2D eigenvalue weighted by atomic mass is 9.97. The number of halogens is 2. The maximum Gasteiger partial charge on any atom is 0.243 e. The molecule has 5 nitrogen and oxygen atoms in total. The molecule has 0 aliphatic carbocycles. The molecule has 3 aromatic rings. The highest BCUT2D eigenvalue weighted by Gasteiger charge is 2.35. The van der Waals surface area contributed by atoms with E-state index in [9.17, 15) is 22.0 Å². The predicted octanol–water partition coefficient (Wildman–Crippen LogP) is 4.64. The average molecular weight is 499 g/mol. The number of carbonyl (C=O) groups is 1. The van der Waals surface area contributed by atoms with Crippen molar-refractivity contribution in [3.05, 3.63) is 102 Å². The van der Waals surface area contributed by atoms with Crippen molar-refractivity contribution >= 4 is 15.9 Å².